The Morgan fingerprint density at radius 2 is 1.63 bits per heavy atom. The first-order valence-electron chi connectivity index (χ1n) is 12.5. The smallest absolute Gasteiger partial charge is 0.140 e. The second kappa shape index (κ2) is 11.2. The lowest BCUT2D eigenvalue weighted by Crippen LogP contribution is -2.18. The Labute approximate surface area is 236 Å². The van der Waals surface area contributed by atoms with Crippen molar-refractivity contribution < 1.29 is 5.11 Å². The Hall–Kier alpha value is -3.29. The second-order valence-corrected chi connectivity index (χ2v) is 12.5. The Morgan fingerprint density at radius 3 is 2.16 bits per heavy atom. The third-order valence-electron chi connectivity index (χ3n) is 6.38. The maximum absolute atomic E-state index is 11.0. The van der Waals surface area contributed by atoms with E-state index in [0.29, 0.717) is 18.1 Å². The number of aromatic nitrogens is 2. The summed E-state index contributed by atoms with van der Waals surface area (Å²) in [6, 6.07) is 16.1. The van der Waals surface area contributed by atoms with Crippen molar-refractivity contribution in [3.8, 4) is 17.0 Å². The number of aromatic hydroxyl groups is 1. The van der Waals surface area contributed by atoms with Gasteiger partial charge < -0.3 is 20.3 Å². The minimum Gasteiger partial charge on any atom is -0.507 e. The van der Waals surface area contributed by atoms with Crippen LogP contribution in [0, 0.1) is 5.41 Å². The summed E-state index contributed by atoms with van der Waals surface area (Å²) in [6.07, 6.45) is 1.94. The van der Waals surface area contributed by atoms with Crippen molar-refractivity contribution in [2.75, 3.05) is 17.3 Å². The van der Waals surface area contributed by atoms with Gasteiger partial charge >= 0.3 is 0 Å². The number of nitrogens with zero attached hydrogens (tertiary/aromatic N) is 2. The molecule has 202 valence electrons. The van der Waals surface area contributed by atoms with Gasteiger partial charge in [0.25, 0.3) is 0 Å². The number of benzene rings is 2. The number of imidazole rings is 1. The number of phenolic OH excluding ortho intramolecular Hbond substituents is 1. The number of halogens is 1. The molecule has 4 aromatic rings. The summed E-state index contributed by atoms with van der Waals surface area (Å²) >= 11 is 1.55. The number of thiophene rings is 1. The fourth-order valence-electron chi connectivity index (χ4n) is 4.26. The molecule has 0 unspecified atom stereocenters. The largest absolute Gasteiger partial charge is 0.507 e. The molecule has 0 bridgehead atoms. The predicted octanol–water partition coefficient (Wildman–Crippen LogP) is 7.93. The molecule has 0 fully saturated rings. The number of phenols is 1. The van der Waals surface area contributed by atoms with Crippen LogP contribution in [0.25, 0.3) is 11.3 Å². The average Bonchev–Trinajstić information content (AvgIpc) is 3.51. The first-order chi connectivity index (χ1) is 17.3. The quantitative estimate of drug-likeness (QED) is 0.145. The Bertz CT molecular complexity index is 1340. The van der Waals surface area contributed by atoms with Crippen molar-refractivity contribution in [3.63, 3.8) is 0 Å². The van der Waals surface area contributed by atoms with Crippen LogP contribution in [0.2, 0.25) is 0 Å². The third-order valence-corrected chi connectivity index (χ3v) is 7.27. The predicted molar refractivity (Wildman–Crippen MR) is 164 cm³/mol. The molecule has 2 aromatic heterocycles. The minimum absolute atomic E-state index is 0. The maximum Gasteiger partial charge on any atom is 0.140 e. The number of hydrogen-bond donors (Lipinski definition) is 4. The summed E-state index contributed by atoms with van der Waals surface area (Å²) in [5.41, 5.74) is 5.28. The van der Waals surface area contributed by atoms with Crippen LogP contribution in [0.3, 0.4) is 0 Å². The zero-order chi connectivity index (χ0) is 27.0. The van der Waals surface area contributed by atoms with E-state index < -0.39 is 0 Å². The van der Waals surface area contributed by atoms with E-state index in [-0.39, 0.29) is 23.2 Å². The standard InChI is InChI=1S/C30H37N5OS.ClH/c1-29(2,3)22-15-19(16-23(27(22)36)30(4,5)6)24-17-32-26(34-24)18-35(7)21-12-10-20(11-13-21)33-28(31)25-9-8-14-37-25;/h8-17,36H,18H2,1-7H3,(H2,31,33)(H,32,34);1H. The van der Waals surface area contributed by atoms with Crippen molar-refractivity contribution in [3.05, 3.63) is 81.9 Å². The van der Waals surface area contributed by atoms with E-state index in [1.807, 2.05) is 55.0 Å². The van der Waals surface area contributed by atoms with Gasteiger partial charge in [0, 0.05) is 41.3 Å². The van der Waals surface area contributed by atoms with Crippen LogP contribution in [0.5, 0.6) is 5.75 Å². The van der Waals surface area contributed by atoms with E-state index in [2.05, 4.69) is 68.9 Å². The molecule has 0 atom stereocenters. The molecule has 0 spiro atoms. The summed E-state index contributed by atoms with van der Waals surface area (Å²) in [4.78, 5) is 11.3. The van der Waals surface area contributed by atoms with Crippen molar-refractivity contribution >= 4 is 41.0 Å². The number of amidine groups is 1. The van der Waals surface area contributed by atoms with Gasteiger partial charge in [0.1, 0.15) is 17.4 Å². The van der Waals surface area contributed by atoms with Gasteiger partial charge in [0.05, 0.1) is 17.1 Å². The number of anilines is 2. The lowest BCUT2D eigenvalue weighted by atomic mass is 9.78. The Balaban J connectivity index is 0.00000400. The van der Waals surface area contributed by atoms with Crippen molar-refractivity contribution in [1.29, 1.82) is 5.41 Å². The summed E-state index contributed by atoms with van der Waals surface area (Å²) in [6.45, 7) is 13.3. The first-order valence-corrected chi connectivity index (χ1v) is 13.3. The molecule has 2 heterocycles. The summed E-state index contributed by atoms with van der Waals surface area (Å²) in [5, 5.41) is 24.4. The molecule has 0 aliphatic rings. The van der Waals surface area contributed by atoms with Crippen LogP contribution in [-0.2, 0) is 17.4 Å². The second-order valence-electron chi connectivity index (χ2n) is 11.5. The fourth-order valence-corrected chi connectivity index (χ4v) is 4.89. The zero-order valence-electron chi connectivity index (χ0n) is 23.1. The topological polar surface area (TPSA) is 88.0 Å². The van der Waals surface area contributed by atoms with Gasteiger partial charge in [-0.05, 0) is 58.7 Å². The minimum atomic E-state index is -0.192. The summed E-state index contributed by atoms with van der Waals surface area (Å²) in [7, 11) is 2.04. The zero-order valence-corrected chi connectivity index (χ0v) is 24.8. The highest BCUT2D eigenvalue weighted by molar-refractivity contribution is 7.12. The molecule has 4 rings (SSSR count). The van der Waals surface area contributed by atoms with Gasteiger partial charge in [0.2, 0.25) is 0 Å². The van der Waals surface area contributed by atoms with Crippen LogP contribution in [0.15, 0.2) is 60.1 Å². The molecule has 0 aliphatic heterocycles. The number of H-pyrrole nitrogens is 1. The molecule has 4 N–H and O–H groups in total. The fraction of sp³-hybridized carbons (Fsp3) is 0.333. The molecule has 2 aromatic carbocycles. The van der Waals surface area contributed by atoms with Crippen molar-refractivity contribution in [1.82, 2.24) is 9.97 Å². The molecule has 0 saturated carbocycles. The number of nitrogens with one attached hydrogen (secondary N) is 3. The van der Waals surface area contributed by atoms with Crippen LogP contribution in [0.1, 0.15) is 63.4 Å². The number of rotatable bonds is 6. The number of hydrogen-bond acceptors (Lipinski definition) is 5. The van der Waals surface area contributed by atoms with Gasteiger partial charge in [-0.15, -0.1) is 23.7 Å². The SMILES string of the molecule is CN(Cc1nc(-c2cc(C(C)(C)C)c(O)c(C(C)(C)C)c2)c[nH]1)c1ccc(NC(=N)c2cccs2)cc1.Cl. The van der Waals surface area contributed by atoms with E-state index in [1.54, 1.807) is 11.3 Å². The number of aromatic amines is 1. The maximum atomic E-state index is 11.0. The van der Waals surface area contributed by atoms with Crippen LogP contribution >= 0.6 is 23.7 Å². The molecule has 8 heteroatoms. The van der Waals surface area contributed by atoms with Crippen LogP contribution < -0.4 is 10.2 Å². The van der Waals surface area contributed by atoms with E-state index >= 15 is 0 Å². The molecular weight excluding hydrogens is 514 g/mol. The van der Waals surface area contributed by atoms with Crippen molar-refractivity contribution in [2.45, 2.75) is 58.9 Å². The molecular formula is C30H38ClN5OS. The lowest BCUT2D eigenvalue weighted by molar-refractivity contribution is 0.423. The van der Waals surface area contributed by atoms with Gasteiger partial charge in [-0.25, -0.2) is 4.98 Å². The van der Waals surface area contributed by atoms with E-state index in [9.17, 15) is 5.11 Å². The van der Waals surface area contributed by atoms with E-state index in [4.69, 9.17) is 10.4 Å². The summed E-state index contributed by atoms with van der Waals surface area (Å²) in [5.74, 6) is 1.64. The van der Waals surface area contributed by atoms with Gasteiger partial charge in [0.15, 0.2) is 0 Å². The summed E-state index contributed by atoms with van der Waals surface area (Å²) < 4.78 is 0. The highest BCUT2D eigenvalue weighted by Crippen LogP contribution is 2.41. The average molecular weight is 552 g/mol. The van der Waals surface area contributed by atoms with Gasteiger partial charge in [-0.3, -0.25) is 5.41 Å². The highest BCUT2D eigenvalue weighted by atomic mass is 35.5. The van der Waals surface area contributed by atoms with Gasteiger partial charge in [-0.2, -0.15) is 0 Å². The lowest BCUT2D eigenvalue weighted by Gasteiger charge is -2.28. The Morgan fingerprint density at radius 1 is 1.03 bits per heavy atom. The monoisotopic (exact) mass is 551 g/mol. The molecule has 0 saturated heterocycles. The van der Waals surface area contributed by atoms with E-state index in [1.165, 1.54) is 0 Å². The third kappa shape index (κ3) is 6.58. The van der Waals surface area contributed by atoms with Gasteiger partial charge in [-0.1, -0.05) is 47.6 Å². The first kappa shape index (κ1) is 29.3. The molecule has 0 radical (unpaired) electrons. The molecule has 0 aliphatic carbocycles. The Kier molecular flexibility index (Phi) is 8.64. The highest BCUT2D eigenvalue weighted by Gasteiger charge is 2.27. The van der Waals surface area contributed by atoms with Crippen molar-refractivity contribution in [2.24, 2.45) is 0 Å². The molecule has 6 nitrogen and oxygen atoms in total. The molecule has 0 amide bonds. The van der Waals surface area contributed by atoms with Crippen LogP contribution in [0.4, 0.5) is 11.4 Å². The molecule has 38 heavy (non-hydrogen) atoms. The van der Waals surface area contributed by atoms with Crippen LogP contribution in [-0.4, -0.2) is 28.0 Å². The van der Waals surface area contributed by atoms with E-state index in [0.717, 1.165) is 44.5 Å². The normalized spacial score (nSPS) is 11.7.